The zero-order chi connectivity index (χ0) is 15.6. The van der Waals surface area contributed by atoms with Crippen molar-refractivity contribution < 1.29 is 18.0 Å². The number of amides is 2. The van der Waals surface area contributed by atoms with E-state index >= 15 is 0 Å². The Morgan fingerprint density at radius 3 is 2.14 bits per heavy atom. The van der Waals surface area contributed by atoms with Crippen LogP contribution in [0.5, 0.6) is 0 Å². The summed E-state index contributed by atoms with van der Waals surface area (Å²) >= 11 is 6.03. The van der Waals surface area contributed by atoms with E-state index in [1.807, 2.05) is 0 Å². The number of carbonyl (C=O) groups excluding carboxylic acids is 2. The summed E-state index contributed by atoms with van der Waals surface area (Å²) in [6.45, 7) is 1.67. The Morgan fingerprint density at radius 2 is 1.67 bits per heavy atom. The molecule has 0 bridgehead atoms. The molecule has 21 heavy (non-hydrogen) atoms. The summed E-state index contributed by atoms with van der Waals surface area (Å²) in [4.78, 5) is 25.3. The van der Waals surface area contributed by atoms with E-state index in [2.05, 4.69) is 0 Å². The molecular weight excluding hydrogens is 314 g/mol. The summed E-state index contributed by atoms with van der Waals surface area (Å²) in [5.74, 6) is -1.03. The first kappa shape index (κ1) is 16.0. The SMILES string of the molecule is CCCS(=O)(=O)CC(Cl)CN1C(=O)c2ccccc2C1=O. The van der Waals surface area contributed by atoms with Crippen molar-refractivity contribution in [3.05, 3.63) is 35.4 Å². The predicted molar refractivity (Wildman–Crippen MR) is 80.4 cm³/mol. The van der Waals surface area contributed by atoms with Gasteiger partial charge < -0.3 is 0 Å². The molecule has 0 saturated heterocycles. The van der Waals surface area contributed by atoms with Crippen LogP contribution in [0.3, 0.4) is 0 Å². The Labute approximate surface area is 128 Å². The fraction of sp³-hybridized carbons (Fsp3) is 0.429. The molecule has 1 aliphatic heterocycles. The average molecular weight is 330 g/mol. The van der Waals surface area contributed by atoms with Crippen molar-refractivity contribution >= 4 is 33.3 Å². The van der Waals surface area contributed by atoms with Gasteiger partial charge >= 0.3 is 0 Å². The van der Waals surface area contributed by atoms with Gasteiger partial charge in [-0.15, -0.1) is 11.6 Å². The number of rotatable bonds is 6. The highest BCUT2D eigenvalue weighted by molar-refractivity contribution is 7.91. The first-order valence-corrected chi connectivity index (χ1v) is 8.91. The van der Waals surface area contributed by atoms with E-state index < -0.39 is 27.0 Å². The van der Waals surface area contributed by atoms with Crippen molar-refractivity contribution in [1.29, 1.82) is 0 Å². The number of fused-ring (bicyclic) bond motifs is 1. The van der Waals surface area contributed by atoms with Gasteiger partial charge in [-0.25, -0.2) is 8.42 Å². The number of carbonyl (C=O) groups is 2. The molecule has 1 aromatic rings. The van der Waals surface area contributed by atoms with Crippen LogP contribution in [0.25, 0.3) is 0 Å². The molecule has 1 unspecified atom stereocenters. The molecule has 0 radical (unpaired) electrons. The Kier molecular flexibility index (Phi) is 4.68. The molecule has 5 nitrogen and oxygen atoms in total. The lowest BCUT2D eigenvalue weighted by Crippen LogP contribution is -2.37. The second kappa shape index (κ2) is 6.15. The first-order chi connectivity index (χ1) is 9.85. The van der Waals surface area contributed by atoms with Gasteiger partial charge in [0.1, 0.15) is 0 Å². The topological polar surface area (TPSA) is 71.5 Å². The number of sulfone groups is 1. The van der Waals surface area contributed by atoms with E-state index in [0.717, 1.165) is 4.90 Å². The molecule has 0 spiro atoms. The molecule has 0 saturated carbocycles. The van der Waals surface area contributed by atoms with E-state index in [4.69, 9.17) is 11.6 Å². The summed E-state index contributed by atoms with van der Waals surface area (Å²) in [6, 6.07) is 6.51. The van der Waals surface area contributed by atoms with Gasteiger partial charge in [0.2, 0.25) is 0 Å². The number of imide groups is 1. The fourth-order valence-electron chi connectivity index (χ4n) is 2.33. The minimum atomic E-state index is -3.26. The maximum Gasteiger partial charge on any atom is 0.261 e. The number of hydrogen-bond donors (Lipinski definition) is 0. The highest BCUT2D eigenvalue weighted by Crippen LogP contribution is 2.23. The number of halogens is 1. The van der Waals surface area contributed by atoms with Crippen LogP contribution in [0.2, 0.25) is 0 Å². The van der Waals surface area contributed by atoms with E-state index in [1.165, 1.54) is 0 Å². The minimum absolute atomic E-state index is 0.0539. The largest absolute Gasteiger partial charge is 0.273 e. The van der Waals surface area contributed by atoms with Crippen LogP contribution in [0.4, 0.5) is 0 Å². The van der Waals surface area contributed by atoms with Crippen molar-refractivity contribution in [2.24, 2.45) is 0 Å². The molecule has 2 amide bonds. The maximum absolute atomic E-state index is 12.1. The third-order valence-corrected chi connectivity index (χ3v) is 5.62. The molecule has 1 aliphatic rings. The molecule has 1 aromatic carbocycles. The zero-order valence-electron chi connectivity index (χ0n) is 11.6. The van der Waals surface area contributed by atoms with Crippen molar-refractivity contribution in [1.82, 2.24) is 4.90 Å². The fourth-order valence-corrected chi connectivity index (χ4v) is 4.48. The second-order valence-electron chi connectivity index (χ2n) is 4.98. The standard InChI is InChI=1S/C14H16ClNO4S/c1-2-7-21(19,20)9-10(15)8-16-13(17)11-5-3-4-6-12(11)14(16)18/h3-6,10H,2,7-9H2,1H3. The molecule has 7 heteroatoms. The average Bonchev–Trinajstić information content (AvgIpc) is 2.64. The Hall–Kier alpha value is -1.40. The minimum Gasteiger partial charge on any atom is -0.273 e. The Bertz CT molecular complexity index is 636. The Morgan fingerprint density at radius 1 is 1.14 bits per heavy atom. The summed E-state index contributed by atoms with van der Waals surface area (Å²) < 4.78 is 23.4. The van der Waals surface area contributed by atoms with E-state index in [0.29, 0.717) is 17.5 Å². The quantitative estimate of drug-likeness (QED) is 0.588. The lowest BCUT2D eigenvalue weighted by atomic mass is 10.1. The van der Waals surface area contributed by atoms with Gasteiger partial charge in [-0.05, 0) is 18.6 Å². The van der Waals surface area contributed by atoms with Crippen molar-refractivity contribution in [3.8, 4) is 0 Å². The van der Waals surface area contributed by atoms with Gasteiger partial charge in [0.05, 0.1) is 22.3 Å². The normalized spacial score (nSPS) is 16.2. The smallest absolute Gasteiger partial charge is 0.261 e. The van der Waals surface area contributed by atoms with Gasteiger partial charge in [0.25, 0.3) is 11.8 Å². The summed E-state index contributed by atoms with van der Waals surface area (Å²) in [5.41, 5.74) is 0.672. The highest BCUT2D eigenvalue weighted by Gasteiger charge is 2.36. The first-order valence-electron chi connectivity index (χ1n) is 6.65. The van der Waals surface area contributed by atoms with Crippen molar-refractivity contribution in [2.45, 2.75) is 18.7 Å². The molecule has 114 valence electrons. The summed E-state index contributed by atoms with van der Waals surface area (Å²) in [6.07, 6.45) is 0.513. The molecule has 0 N–H and O–H groups in total. The second-order valence-corrected chi connectivity index (χ2v) is 7.82. The number of hydrogen-bond acceptors (Lipinski definition) is 4. The molecule has 1 atom stereocenters. The van der Waals surface area contributed by atoms with Gasteiger partial charge in [-0.2, -0.15) is 0 Å². The lowest BCUT2D eigenvalue weighted by Gasteiger charge is -2.17. The predicted octanol–water partition coefficient (Wildman–Crippen LogP) is 1.71. The zero-order valence-corrected chi connectivity index (χ0v) is 13.2. The van der Waals surface area contributed by atoms with E-state index in [9.17, 15) is 18.0 Å². The van der Waals surface area contributed by atoms with Crippen LogP contribution in [0, 0.1) is 0 Å². The van der Waals surface area contributed by atoms with Crippen LogP contribution in [0.15, 0.2) is 24.3 Å². The number of nitrogens with zero attached hydrogens (tertiary/aromatic N) is 1. The molecule has 0 aliphatic carbocycles. The van der Waals surface area contributed by atoms with Crippen LogP contribution < -0.4 is 0 Å². The Balaban J connectivity index is 2.08. The van der Waals surface area contributed by atoms with Crippen molar-refractivity contribution in [2.75, 3.05) is 18.1 Å². The monoisotopic (exact) mass is 329 g/mol. The highest BCUT2D eigenvalue weighted by atomic mass is 35.5. The van der Waals surface area contributed by atoms with E-state index in [-0.39, 0.29) is 18.1 Å². The van der Waals surface area contributed by atoms with Crippen LogP contribution >= 0.6 is 11.6 Å². The third kappa shape index (κ3) is 3.44. The van der Waals surface area contributed by atoms with Gasteiger partial charge in [0.15, 0.2) is 9.84 Å². The summed E-state index contributed by atoms with van der Waals surface area (Å²) in [5, 5.41) is -0.802. The lowest BCUT2D eigenvalue weighted by molar-refractivity contribution is 0.0655. The summed E-state index contributed by atoms with van der Waals surface area (Å²) in [7, 11) is -3.26. The molecule has 1 heterocycles. The van der Waals surface area contributed by atoms with Gasteiger partial charge in [0, 0.05) is 12.3 Å². The van der Waals surface area contributed by atoms with Crippen molar-refractivity contribution in [3.63, 3.8) is 0 Å². The van der Waals surface area contributed by atoms with E-state index in [1.54, 1.807) is 31.2 Å². The van der Waals surface area contributed by atoms with Gasteiger partial charge in [-0.3, -0.25) is 14.5 Å². The molecular formula is C14H16ClNO4S. The molecule has 0 fully saturated rings. The van der Waals surface area contributed by atoms with Gasteiger partial charge in [-0.1, -0.05) is 19.1 Å². The third-order valence-electron chi connectivity index (χ3n) is 3.21. The maximum atomic E-state index is 12.1. The number of alkyl halides is 1. The molecule has 2 rings (SSSR count). The van der Waals surface area contributed by atoms with Crippen LogP contribution in [-0.2, 0) is 9.84 Å². The van der Waals surface area contributed by atoms with Crippen LogP contribution in [0.1, 0.15) is 34.1 Å². The van der Waals surface area contributed by atoms with Crippen LogP contribution in [-0.4, -0.2) is 48.6 Å². The number of benzene rings is 1. The molecule has 0 aromatic heterocycles.